The molecular formula is C12H8FNO3. The van der Waals surface area contributed by atoms with Gasteiger partial charge in [-0.25, -0.2) is 9.18 Å². The lowest BCUT2D eigenvalue weighted by Crippen LogP contribution is -2.03. The Morgan fingerprint density at radius 3 is 2.76 bits per heavy atom. The van der Waals surface area contributed by atoms with Crippen LogP contribution in [0.1, 0.15) is 10.4 Å². The molecule has 0 unspecified atom stereocenters. The molecule has 0 aliphatic heterocycles. The van der Waals surface area contributed by atoms with Gasteiger partial charge < -0.3 is 9.84 Å². The fraction of sp³-hybridized carbons (Fsp3) is 0. The van der Waals surface area contributed by atoms with Crippen LogP contribution >= 0.6 is 0 Å². The third-order valence-corrected chi connectivity index (χ3v) is 2.05. The molecule has 2 aromatic rings. The second-order valence-corrected chi connectivity index (χ2v) is 3.21. The van der Waals surface area contributed by atoms with E-state index in [9.17, 15) is 9.18 Å². The zero-order valence-electron chi connectivity index (χ0n) is 8.63. The number of aromatic nitrogens is 1. The molecule has 0 amide bonds. The zero-order chi connectivity index (χ0) is 12.3. The van der Waals surface area contributed by atoms with E-state index in [2.05, 4.69) is 4.98 Å². The van der Waals surface area contributed by atoms with Crippen molar-refractivity contribution in [3.05, 3.63) is 54.1 Å². The van der Waals surface area contributed by atoms with Gasteiger partial charge in [-0.15, -0.1) is 0 Å². The number of ether oxygens (including phenoxy) is 1. The molecule has 0 atom stereocenters. The van der Waals surface area contributed by atoms with Gasteiger partial charge in [0.05, 0.1) is 6.20 Å². The summed E-state index contributed by atoms with van der Waals surface area (Å²) in [6.45, 7) is 0. The molecular weight excluding hydrogens is 225 g/mol. The number of nitrogens with zero attached hydrogens (tertiary/aromatic N) is 1. The number of carbonyl (C=O) groups is 1. The Balaban J connectivity index is 2.40. The standard InChI is InChI=1S/C12H8FNO3/c13-9-4-1-5-10(11(9)12(15)16)17-8-3-2-6-14-7-8/h1-7H,(H,15,16). The molecule has 0 radical (unpaired) electrons. The molecule has 0 fully saturated rings. The lowest BCUT2D eigenvalue weighted by atomic mass is 10.2. The molecule has 0 saturated heterocycles. The van der Waals surface area contributed by atoms with E-state index in [1.165, 1.54) is 18.3 Å². The second kappa shape index (κ2) is 4.61. The highest BCUT2D eigenvalue weighted by molar-refractivity contribution is 5.91. The van der Waals surface area contributed by atoms with Crippen LogP contribution in [0.15, 0.2) is 42.7 Å². The number of hydrogen-bond donors (Lipinski definition) is 1. The lowest BCUT2D eigenvalue weighted by molar-refractivity contribution is 0.0689. The molecule has 1 N–H and O–H groups in total. The van der Waals surface area contributed by atoms with Crippen molar-refractivity contribution in [2.24, 2.45) is 0 Å². The van der Waals surface area contributed by atoms with Crippen molar-refractivity contribution in [3.63, 3.8) is 0 Å². The summed E-state index contributed by atoms with van der Waals surface area (Å²) >= 11 is 0. The van der Waals surface area contributed by atoms with E-state index in [-0.39, 0.29) is 5.75 Å². The predicted molar refractivity (Wildman–Crippen MR) is 57.7 cm³/mol. The zero-order valence-corrected chi connectivity index (χ0v) is 8.63. The van der Waals surface area contributed by atoms with Crippen molar-refractivity contribution in [2.75, 3.05) is 0 Å². The first-order valence-corrected chi connectivity index (χ1v) is 4.78. The van der Waals surface area contributed by atoms with E-state index in [4.69, 9.17) is 9.84 Å². The van der Waals surface area contributed by atoms with Crippen LogP contribution in [-0.4, -0.2) is 16.1 Å². The van der Waals surface area contributed by atoms with Gasteiger partial charge in [-0.1, -0.05) is 6.07 Å². The maximum Gasteiger partial charge on any atom is 0.342 e. The van der Waals surface area contributed by atoms with Crippen molar-refractivity contribution in [1.29, 1.82) is 0 Å². The van der Waals surface area contributed by atoms with Crippen LogP contribution < -0.4 is 4.74 Å². The number of rotatable bonds is 3. The third kappa shape index (κ3) is 2.39. The van der Waals surface area contributed by atoms with Gasteiger partial charge in [-0.3, -0.25) is 4.98 Å². The van der Waals surface area contributed by atoms with Crippen LogP contribution in [0.25, 0.3) is 0 Å². The third-order valence-electron chi connectivity index (χ3n) is 2.05. The van der Waals surface area contributed by atoms with Crippen molar-refractivity contribution >= 4 is 5.97 Å². The van der Waals surface area contributed by atoms with Crippen LogP contribution in [0.4, 0.5) is 4.39 Å². The quantitative estimate of drug-likeness (QED) is 0.885. The molecule has 2 rings (SSSR count). The number of pyridine rings is 1. The summed E-state index contributed by atoms with van der Waals surface area (Å²) in [4.78, 5) is 14.7. The maximum absolute atomic E-state index is 13.3. The molecule has 5 heteroatoms. The Bertz CT molecular complexity index is 543. The Morgan fingerprint density at radius 1 is 1.29 bits per heavy atom. The van der Waals surface area contributed by atoms with Crippen LogP contribution in [0.5, 0.6) is 11.5 Å². The van der Waals surface area contributed by atoms with E-state index in [0.29, 0.717) is 5.75 Å². The number of halogens is 1. The van der Waals surface area contributed by atoms with Crippen LogP contribution in [0, 0.1) is 5.82 Å². The average molecular weight is 233 g/mol. The molecule has 1 heterocycles. The summed E-state index contributed by atoms with van der Waals surface area (Å²) < 4.78 is 18.6. The number of aromatic carboxylic acids is 1. The van der Waals surface area contributed by atoms with Gasteiger partial charge in [-0.2, -0.15) is 0 Å². The Morgan fingerprint density at radius 2 is 2.12 bits per heavy atom. The van der Waals surface area contributed by atoms with Crippen LogP contribution in [0.3, 0.4) is 0 Å². The summed E-state index contributed by atoms with van der Waals surface area (Å²) in [5.41, 5.74) is -0.489. The molecule has 1 aromatic carbocycles. The molecule has 1 aromatic heterocycles. The molecule has 0 aliphatic carbocycles. The van der Waals surface area contributed by atoms with Gasteiger partial charge in [0.1, 0.15) is 22.9 Å². The number of benzene rings is 1. The molecule has 17 heavy (non-hydrogen) atoms. The molecule has 0 spiro atoms. The minimum absolute atomic E-state index is 0.0505. The molecule has 0 saturated carbocycles. The molecule has 4 nitrogen and oxygen atoms in total. The largest absolute Gasteiger partial charge is 0.477 e. The highest BCUT2D eigenvalue weighted by Gasteiger charge is 2.17. The highest BCUT2D eigenvalue weighted by Crippen LogP contribution is 2.26. The average Bonchev–Trinajstić information content (AvgIpc) is 2.30. The first-order valence-electron chi connectivity index (χ1n) is 4.78. The van der Waals surface area contributed by atoms with Crippen LogP contribution in [-0.2, 0) is 0 Å². The van der Waals surface area contributed by atoms with E-state index in [1.54, 1.807) is 18.3 Å². The number of hydrogen-bond acceptors (Lipinski definition) is 3. The van der Waals surface area contributed by atoms with E-state index in [1.807, 2.05) is 0 Å². The monoisotopic (exact) mass is 233 g/mol. The SMILES string of the molecule is O=C(O)c1c(F)cccc1Oc1cccnc1. The lowest BCUT2D eigenvalue weighted by Gasteiger charge is -2.08. The second-order valence-electron chi connectivity index (χ2n) is 3.21. The van der Waals surface area contributed by atoms with Gasteiger partial charge in [0.2, 0.25) is 0 Å². The van der Waals surface area contributed by atoms with E-state index in [0.717, 1.165) is 6.07 Å². The van der Waals surface area contributed by atoms with Crippen molar-refractivity contribution < 1.29 is 19.0 Å². The first kappa shape index (κ1) is 11.1. The predicted octanol–water partition coefficient (Wildman–Crippen LogP) is 2.71. The summed E-state index contributed by atoms with van der Waals surface area (Å²) in [7, 11) is 0. The first-order chi connectivity index (χ1) is 8.18. The summed E-state index contributed by atoms with van der Waals surface area (Å²) in [6.07, 6.45) is 2.97. The Labute approximate surface area is 96.3 Å². The summed E-state index contributed by atoms with van der Waals surface area (Å²) in [5.74, 6) is -1.91. The summed E-state index contributed by atoms with van der Waals surface area (Å²) in [6, 6.07) is 7.07. The molecule has 0 bridgehead atoms. The fourth-order valence-corrected chi connectivity index (χ4v) is 1.33. The van der Waals surface area contributed by atoms with Crippen molar-refractivity contribution in [2.45, 2.75) is 0 Å². The minimum Gasteiger partial charge on any atom is -0.477 e. The fourth-order valence-electron chi connectivity index (χ4n) is 1.33. The number of carboxylic acids is 1. The van der Waals surface area contributed by atoms with E-state index < -0.39 is 17.3 Å². The highest BCUT2D eigenvalue weighted by atomic mass is 19.1. The van der Waals surface area contributed by atoms with Gasteiger partial charge in [0.15, 0.2) is 0 Å². The van der Waals surface area contributed by atoms with Gasteiger partial charge in [-0.05, 0) is 24.3 Å². The van der Waals surface area contributed by atoms with Crippen LogP contribution in [0.2, 0.25) is 0 Å². The Hall–Kier alpha value is -2.43. The van der Waals surface area contributed by atoms with E-state index >= 15 is 0 Å². The van der Waals surface area contributed by atoms with Crippen molar-refractivity contribution in [3.8, 4) is 11.5 Å². The normalized spacial score (nSPS) is 9.94. The Kier molecular flexibility index (Phi) is 3.00. The van der Waals surface area contributed by atoms with Crippen molar-refractivity contribution in [1.82, 2.24) is 4.98 Å². The maximum atomic E-state index is 13.3. The molecule has 0 aliphatic rings. The van der Waals surface area contributed by atoms with Gasteiger partial charge >= 0.3 is 5.97 Å². The van der Waals surface area contributed by atoms with Gasteiger partial charge in [0, 0.05) is 6.20 Å². The van der Waals surface area contributed by atoms with Gasteiger partial charge in [0.25, 0.3) is 0 Å². The smallest absolute Gasteiger partial charge is 0.342 e. The molecule has 86 valence electrons. The topological polar surface area (TPSA) is 59.4 Å². The summed E-state index contributed by atoms with van der Waals surface area (Å²) in [5, 5.41) is 8.89. The minimum atomic E-state index is -1.37. The number of carboxylic acid groups (broad SMARTS) is 1.